The fraction of sp³-hybridized carbons (Fsp3) is 0.346. The molecule has 0 spiro atoms. The molecule has 3 aromatic rings. The van der Waals surface area contributed by atoms with E-state index in [4.69, 9.17) is 9.15 Å². The van der Waals surface area contributed by atoms with Crippen LogP contribution in [-0.4, -0.2) is 48.4 Å². The number of carbonyl (C=O) groups excluding carboxylic acids is 3. The Kier molecular flexibility index (Phi) is 7.99. The van der Waals surface area contributed by atoms with Crippen molar-refractivity contribution in [2.24, 2.45) is 0 Å². The number of amides is 2. The normalized spacial score (nSPS) is 15.7. The molecule has 2 N–H and O–H groups in total. The number of hydrogen-bond donors (Lipinski definition) is 2. The zero-order chi connectivity index (χ0) is 24.8. The fourth-order valence-electron chi connectivity index (χ4n) is 4.35. The van der Waals surface area contributed by atoms with Gasteiger partial charge in [-0.25, -0.2) is 4.79 Å². The highest BCUT2D eigenvalue weighted by Gasteiger charge is 2.32. The molecule has 0 saturated carbocycles. The minimum Gasteiger partial charge on any atom is -0.467 e. The van der Waals surface area contributed by atoms with E-state index >= 15 is 0 Å². The number of anilines is 1. The van der Waals surface area contributed by atoms with Crippen molar-refractivity contribution in [3.8, 4) is 11.1 Å². The van der Waals surface area contributed by atoms with Gasteiger partial charge in [0.1, 0.15) is 16.3 Å². The minimum absolute atomic E-state index is 0.0543. The number of carbonyl (C=O) groups is 3. The predicted octanol–water partition coefficient (Wildman–Crippen LogP) is 4.21. The Morgan fingerprint density at radius 3 is 2.69 bits per heavy atom. The third-order valence-corrected chi connectivity index (χ3v) is 6.93. The van der Waals surface area contributed by atoms with E-state index in [1.807, 2.05) is 42.2 Å². The van der Waals surface area contributed by atoms with Crippen molar-refractivity contribution in [3.63, 3.8) is 0 Å². The predicted molar refractivity (Wildman–Crippen MR) is 134 cm³/mol. The number of rotatable bonds is 9. The van der Waals surface area contributed by atoms with E-state index in [0.717, 1.165) is 22.4 Å². The monoisotopic (exact) mass is 495 g/mol. The molecule has 1 atom stereocenters. The minimum atomic E-state index is -0.470. The molecule has 1 aromatic carbocycles. The number of benzene rings is 1. The maximum atomic E-state index is 13.0. The van der Waals surface area contributed by atoms with Gasteiger partial charge in [0.15, 0.2) is 0 Å². The summed E-state index contributed by atoms with van der Waals surface area (Å²) in [6.07, 6.45) is 3.08. The number of nitrogens with zero attached hydrogens (tertiary/aromatic N) is 1. The summed E-state index contributed by atoms with van der Waals surface area (Å²) in [6, 6.07) is 12.8. The molecule has 4 rings (SSSR count). The van der Waals surface area contributed by atoms with E-state index in [2.05, 4.69) is 10.6 Å². The second-order valence-corrected chi connectivity index (χ2v) is 9.52. The van der Waals surface area contributed by atoms with Gasteiger partial charge in [-0.15, -0.1) is 11.3 Å². The summed E-state index contributed by atoms with van der Waals surface area (Å²) in [5.74, 6) is -0.198. The SMILES string of the molecule is CCOC(=O)c1c(NC(=O)CN2CCC[C@@H]2C(=O)NCc2ccco2)sc(C)c1-c1ccccc1. The highest BCUT2D eigenvalue weighted by atomic mass is 32.1. The van der Waals surface area contributed by atoms with Crippen molar-refractivity contribution in [3.05, 3.63) is 64.9 Å². The van der Waals surface area contributed by atoms with Crippen LogP contribution in [0.5, 0.6) is 0 Å². The smallest absolute Gasteiger partial charge is 0.341 e. The topological polar surface area (TPSA) is 101 Å². The van der Waals surface area contributed by atoms with Crippen molar-refractivity contribution < 1.29 is 23.5 Å². The lowest BCUT2D eigenvalue weighted by Gasteiger charge is -2.22. The van der Waals surface area contributed by atoms with Crippen molar-refractivity contribution in [2.75, 3.05) is 25.0 Å². The van der Waals surface area contributed by atoms with Crippen LogP contribution in [0.25, 0.3) is 11.1 Å². The number of hydrogen-bond acceptors (Lipinski definition) is 7. The number of ether oxygens (including phenoxy) is 1. The van der Waals surface area contributed by atoms with Crippen molar-refractivity contribution in [2.45, 2.75) is 39.3 Å². The molecule has 0 aliphatic carbocycles. The standard InChI is InChI=1S/C26H29N3O5S/c1-3-33-26(32)23-22(18-9-5-4-6-10-18)17(2)35-25(23)28-21(30)16-29-13-7-12-20(29)24(31)27-15-19-11-8-14-34-19/h4-6,8-11,14,20H,3,7,12-13,15-16H2,1-2H3,(H,27,31)(H,28,30)/t20-/m1/s1. The highest BCUT2D eigenvalue weighted by Crippen LogP contribution is 2.40. The molecule has 0 bridgehead atoms. The van der Waals surface area contributed by atoms with E-state index in [-0.39, 0.29) is 31.0 Å². The molecule has 2 aromatic heterocycles. The Morgan fingerprint density at radius 2 is 1.97 bits per heavy atom. The van der Waals surface area contributed by atoms with E-state index in [1.54, 1.807) is 25.3 Å². The lowest BCUT2D eigenvalue weighted by molar-refractivity contribution is -0.126. The first kappa shape index (κ1) is 24.7. The second kappa shape index (κ2) is 11.3. The first-order chi connectivity index (χ1) is 17.0. The molecule has 1 aliphatic rings. The Hall–Kier alpha value is -3.43. The largest absolute Gasteiger partial charge is 0.467 e. The Balaban J connectivity index is 1.47. The van der Waals surface area contributed by atoms with Crippen molar-refractivity contribution >= 4 is 34.1 Å². The highest BCUT2D eigenvalue weighted by molar-refractivity contribution is 7.17. The van der Waals surface area contributed by atoms with Crippen LogP contribution in [0.4, 0.5) is 5.00 Å². The average Bonchev–Trinajstić information content (AvgIpc) is 3.59. The number of aryl methyl sites for hydroxylation is 1. The van der Waals surface area contributed by atoms with Gasteiger partial charge in [-0.1, -0.05) is 30.3 Å². The molecule has 3 heterocycles. The van der Waals surface area contributed by atoms with Gasteiger partial charge in [-0.3, -0.25) is 14.5 Å². The maximum Gasteiger partial charge on any atom is 0.341 e. The van der Waals surface area contributed by atoms with Crippen LogP contribution in [0.2, 0.25) is 0 Å². The van der Waals surface area contributed by atoms with Crippen molar-refractivity contribution in [1.82, 2.24) is 10.2 Å². The van der Waals surface area contributed by atoms with Gasteiger partial charge < -0.3 is 19.8 Å². The van der Waals surface area contributed by atoms with Crippen LogP contribution in [0.3, 0.4) is 0 Å². The molecule has 1 aliphatic heterocycles. The van der Waals surface area contributed by atoms with E-state index in [1.165, 1.54) is 11.3 Å². The first-order valence-corrected chi connectivity index (χ1v) is 12.5. The van der Waals surface area contributed by atoms with E-state index in [0.29, 0.717) is 35.8 Å². The Labute approximate surface area is 208 Å². The van der Waals surface area contributed by atoms with Gasteiger partial charge >= 0.3 is 5.97 Å². The number of furan rings is 1. The quantitative estimate of drug-likeness (QED) is 0.431. The summed E-state index contributed by atoms with van der Waals surface area (Å²) < 4.78 is 10.6. The number of likely N-dealkylation sites (tertiary alicyclic amines) is 1. The molecule has 0 unspecified atom stereocenters. The summed E-state index contributed by atoms with van der Waals surface area (Å²) in [6.45, 7) is 4.92. The second-order valence-electron chi connectivity index (χ2n) is 8.30. The Morgan fingerprint density at radius 1 is 1.17 bits per heavy atom. The molecule has 35 heavy (non-hydrogen) atoms. The summed E-state index contributed by atoms with van der Waals surface area (Å²) >= 11 is 1.35. The van der Waals surface area contributed by atoms with Crippen LogP contribution in [0.1, 0.15) is 40.8 Å². The molecule has 2 amide bonds. The van der Waals surface area contributed by atoms with Crippen LogP contribution in [0, 0.1) is 6.92 Å². The average molecular weight is 496 g/mol. The fourth-order valence-corrected chi connectivity index (χ4v) is 5.43. The number of thiophene rings is 1. The number of nitrogens with one attached hydrogen (secondary N) is 2. The third-order valence-electron chi connectivity index (χ3n) is 5.91. The van der Waals surface area contributed by atoms with E-state index in [9.17, 15) is 14.4 Å². The van der Waals surface area contributed by atoms with Crippen LogP contribution < -0.4 is 10.6 Å². The molecular formula is C26H29N3O5S. The molecule has 184 valence electrons. The summed E-state index contributed by atoms with van der Waals surface area (Å²) in [5.41, 5.74) is 2.02. The summed E-state index contributed by atoms with van der Waals surface area (Å²) in [4.78, 5) is 41.4. The van der Waals surface area contributed by atoms with Gasteiger partial charge in [-0.2, -0.15) is 0 Å². The van der Waals surface area contributed by atoms with Crippen LogP contribution in [0.15, 0.2) is 53.1 Å². The van der Waals surface area contributed by atoms with Gasteiger partial charge in [0, 0.05) is 10.4 Å². The molecule has 8 nitrogen and oxygen atoms in total. The van der Waals surface area contributed by atoms with Crippen LogP contribution >= 0.6 is 11.3 Å². The van der Waals surface area contributed by atoms with Gasteiger partial charge in [0.2, 0.25) is 11.8 Å². The molecular weight excluding hydrogens is 466 g/mol. The molecule has 0 radical (unpaired) electrons. The summed E-state index contributed by atoms with van der Waals surface area (Å²) in [7, 11) is 0. The van der Waals surface area contributed by atoms with E-state index < -0.39 is 5.97 Å². The van der Waals surface area contributed by atoms with Gasteiger partial charge in [-0.05, 0) is 50.9 Å². The van der Waals surface area contributed by atoms with Gasteiger partial charge in [0.05, 0.1) is 32.0 Å². The van der Waals surface area contributed by atoms with Gasteiger partial charge in [0.25, 0.3) is 0 Å². The lowest BCUT2D eigenvalue weighted by Crippen LogP contribution is -2.45. The zero-order valence-electron chi connectivity index (χ0n) is 19.8. The third kappa shape index (κ3) is 5.80. The number of esters is 1. The maximum absolute atomic E-state index is 13.0. The molecule has 9 heteroatoms. The first-order valence-electron chi connectivity index (χ1n) is 11.7. The lowest BCUT2D eigenvalue weighted by atomic mass is 10.0. The summed E-state index contributed by atoms with van der Waals surface area (Å²) in [5, 5.41) is 6.25. The molecule has 1 fully saturated rings. The Bertz CT molecular complexity index is 1170. The van der Waals surface area contributed by atoms with Crippen LogP contribution in [-0.2, 0) is 20.9 Å². The molecule has 1 saturated heterocycles. The zero-order valence-corrected chi connectivity index (χ0v) is 20.7. The van der Waals surface area contributed by atoms with Crippen molar-refractivity contribution in [1.29, 1.82) is 0 Å².